The predicted molar refractivity (Wildman–Crippen MR) is 133 cm³/mol. The highest BCUT2D eigenvalue weighted by molar-refractivity contribution is 7.93. The van der Waals surface area contributed by atoms with Crippen LogP contribution in [0.25, 0.3) is 0 Å². The van der Waals surface area contributed by atoms with Crippen LogP contribution in [0.3, 0.4) is 0 Å². The summed E-state index contributed by atoms with van der Waals surface area (Å²) in [6.45, 7) is -2.10. The average molecular weight is 667 g/mol. The van der Waals surface area contributed by atoms with Crippen molar-refractivity contribution in [2.24, 2.45) is 0 Å². The van der Waals surface area contributed by atoms with E-state index in [-0.39, 0.29) is 10.0 Å². The van der Waals surface area contributed by atoms with Gasteiger partial charge >= 0.3 is 12.8 Å². The average Bonchev–Trinajstić information content (AvgIpc) is 3.29. The maximum atomic E-state index is 14.7. The molecule has 1 aromatic carbocycles. The number of hydrogen-bond donors (Lipinski definition) is 1. The van der Waals surface area contributed by atoms with Crippen molar-refractivity contribution in [2.75, 3.05) is 11.8 Å². The third-order valence-corrected chi connectivity index (χ3v) is 9.68. The van der Waals surface area contributed by atoms with Gasteiger partial charge in [-0.25, -0.2) is 39.0 Å². The molecule has 0 saturated carbocycles. The molecule has 0 saturated heterocycles. The molecule has 9 nitrogen and oxygen atoms in total. The van der Waals surface area contributed by atoms with Gasteiger partial charge in [-0.3, -0.25) is 4.72 Å². The summed E-state index contributed by atoms with van der Waals surface area (Å²) in [5.41, 5.74) is -5.97. The van der Waals surface area contributed by atoms with E-state index in [4.69, 9.17) is 4.11 Å². The first-order valence-corrected chi connectivity index (χ1v) is 14.7. The number of ether oxygens (including phenoxy) is 2. The number of fused-ring (bicyclic) bond motifs is 1. The fourth-order valence-corrected chi connectivity index (χ4v) is 7.20. The molecule has 3 aromatic rings. The Labute approximate surface area is 243 Å². The van der Waals surface area contributed by atoms with E-state index in [0.717, 1.165) is 12.1 Å². The molecule has 0 fully saturated rings. The van der Waals surface area contributed by atoms with Gasteiger partial charge in [0, 0.05) is 31.4 Å². The number of rotatable bonds is 9. The number of nitrogens with one attached hydrogen (secondary N) is 1. The number of anilines is 1. The number of alkyl halides is 7. The van der Waals surface area contributed by atoms with Crippen molar-refractivity contribution in [3.63, 3.8) is 0 Å². The van der Waals surface area contributed by atoms with Gasteiger partial charge in [-0.05, 0) is 37.5 Å². The number of nitrogens with zero attached hydrogens (tertiary/aromatic N) is 2. The third-order valence-electron chi connectivity index (χ3n) is 6.58. The summed E-state index contributed by atoms with van der Waals surface area (Å²) >= 11 is 0. The van der Waals surface area contributed by atoms with Crippen molar-refractivity contribution >= 4 is 25.9 Å². The largest absolute Gasteiger partial charge is 0.433 e. The lowest BCUT2D eigenvalue weighted by Gasteiger charge is -2.38. The molecule has 1 aliphatic carbocycles. The van der Waals surface area contributed by atoms with Crippen molar-refractivity contribution in [2.45, 2.75) is 60.8 Å². The van der Waals surface area contributed by atoms with Gasteiger partial charge in [0.1, 0.15) is 4.90 Å². The summed E-state index contributed by atoms with van der Waals surface area (Å²) < 4.78 is 196. The first-order chi connectivity index (χ1) is 21.0. The Morgan fingerprint density at radius 1 is 1.12 bits per heavy atom. The maximum Gasteiger partial charge on any atom is 0.417 e. The summed E-state index contributed by atoms with van der Waals surface area (Å²) in [6, 6.07) is 4.78. The number of benzene rings is 1. The predicted octanol–water partition coefficient (Wildman–Crippen LogP) is 5.34. The highest BCUT2D eigenvalue weighted by Gasteiger charge is 2.58. The number of pyridine rings is 1. The lowest BCUT2D eigenvalue weighted by atomic mass is 9.83. The summed E-state index contributed by atoms with van der Waals surface area (Å²) in [5.74, 6) is -4.67. The van der Waals surface area contributed by atoms with Crippen LogP contribution in [0.2, 0.25) is 0 Å². The van der Waals surface area contributed by atoms with E-state index in [1.54, 1.807) is 6.92 Å². The Morgan fingerprint density at radius 3 is 2.33 bits per heavy atom. The SMILES string of the molecule is [2H]C([2H])([2H])O[C@]1(C(F)(F)F)CCc2c(S(=O)(=O)Nc3nc(C(F)F)c(OC(F)F)cc3F)cn(S(=O)(=O)c3ccc(C)cc3)c2C1. The van der Waals surface area contributed by atoms with Crippen LogP contribution in [-0.4, -0.2) is 51.2 Å². The van der Waals surface area contributed by atoms with E-state index in [0.29, 0.717) is 11.8 Å². The smallest absolute Gasteiger partial charge is 0.417 e. The van der Waals surface area contributed by atoms with Gasteiger partial charge < -0.3 is 9.47 Å². The fraction of sp³-hybridized carbons (Fsp3) is 0.375. The second-order valence-corrected chi connectivity index (χ2v) is 12.8. The monoisotopic (exact) mass is 666 g/mol. The highest BCUT2D eigenvalue weighted by atomic mass is 32.2. The molecule has 1 atom stereocenters. The highest BCUT2D eigenvalue weighted by Crippen LogP contribution is 2.46. The van der Waals surface area contributed by atoms with E-state index < -0.39 is 115 Å². The van der Waals surface area contributed by atoms with Gasteiger partial charge in [-0.1, -0.05) is 17.7 Å². The van der Waals surface area contributed by atoms with E-state index in [1.807, 2.05) is 0 Å². The summed E-state index contributed by atoms with van der Waals surface area (Å²) in [6.07, 6.45) is -12.4. The van der Waals surface area contributed by atoms with Gasteiger partial charge in [0.05, 0.1) is 9.01 Å². The van der Waals surface area contributed by atoms with Crippen LogP contribution < -0.4 is 9.46 Å². The first-order valence-electron chi connectivity index (χ1n) is 13.3. The number of aromatic nitrogens is 2. The number of methoxy groups -OCH3 is 1. The lowest BCUT2D eigenvalue weighted by Crippen LogP contribution is -2.51. The lowest BCUT2D eigenvalue weighted by molar-refractivity contribution is -0.273. The Balaban J connectivity index is 1.92. The molecule has 0 bridgehead atoms. The fourth-order valence-electron chi connectivity index (χ4n) is 4.42. The molecule has 0 radical (unpaired) electrons. The quantitative estimate of drug-likeness (QED) is 0.307. The van der Waals surface area contributed by atoms with Crippen LogP contribution in [0.15, 0.2) is 46.3 Å². The molecule has 0 spiro atoms. The number of hydrogen-bond acceptors (Lipinski definition) is 7. The molecular weight excluding hydrogens is 642 g/mol. The second-order valence-electron chi connectivity index (χ2n) is 9.29. The van der Waals surface area contributed by atoms with Crippen LogP contribution in [0, 0.1) is 12.7 Å². The van der Waals surface area contributed by atoms with Gasteiger partial charge in [0.2, 0.25) is 0 Å². The van der Waals surface area contributed by atoms with Crippen molar-refractivity contribution in [3.05, 3.63) is 64.9 Å². The summed E-state index contributed by atoms with van der Waals surface area (Å²) in [5, 5.41) is 0. The molecule has 1 aliphatic rings. The maximum absolute atomic E-state index is 14.7. The zero-order valence-corrected chi connectivity index (χ0v) is 23.1. The van der Waals surface area contributed by atoms with Gasteiger partial charge in [-0.15, -0.1) is 0 Å². The van der Waals surface area contributed by atoms with E-state index in [1.165, 1.54) is 16.9 Å². The van der Waals surface area contributed by atoms with Crippen molar-refractivity contribution < 1.29 is 65.5 Å². The van der Waals surface area contributed by atoms with E-state index in [2.05, 4.69) is 14.5 Å². The van der Waals surface area contributed by atoms with Gasteiger partial charge in [0.25, 0.3) is 26.5 Å². The van der Waals surface area contributed by atoms with Crippen molar-refractivity contribution in [1.82, 2.24) is 8.96 Å². The minimum atomic E-state index is -5.42. The van der Waals surface area contributed by atoms with Crippen LogP contribution in [0.4, 0.5) is 40.9 Å². The molecule has 0 unspecified atom stereocenters. The van der Waals surface area contributed by atoms with Crippen LogP contribution in [0.5, 0.6) is 5.75 Å². The molecule has 4 rings (SSSR count). The summed E-state index contributed by atoms with van der Waals surface area (Å²) in [7, 11) is -13.8. The molecule has 43 heavy (non-hydrogen) atoms. The van der Waals surface area contributed by atoms with E-state index in [9.17, 15) is 52.0 Å². The Bertz CT molecular complexity index is 1850. The number of halogens is 8. The number of aryl methyl sites for hydroxylation is 1. The molecule has 0 aliphatic heterocycles. The molecule has 0 amide bonds. The topological polar surface area (TPSA) is 117 Å². The minimum Gasteiger partial charge on any atom is -0.433 e. The standard InChI is InChI=1S/C24H21F8N3O6S2/c1-12-3-5-13(6-4-12)43(38,39)35-11-18(14-7-8-23(40-2,10-16(14)35)24(30,31)32)42(36,37)34-21-15(25)9-17(41-22(28)29)19(33-21)20(26)27/h3-6,9,11,20,22H,7-8,10H2,1-2H3,(H,33,34)/t23-/m1/s1/i2D3. The van der Waals surface area contributed by atoms with Crippen LogP contribution in [0.1, 0.15) is 39.5 Å². The Hall–Kier alpha value is -3.45. The first kappa shape index (κ1) is 28.3. The van der Waals surface area contributed by atoms with Crippen LogP contribution in [-0.2, 0) is 37.6 Å². The molecule has 2 heterocycles. The van der Waals surface area contributed by atoms with Crippen molar-refractivity contribution in [3.8, 4) is 5.75 Å². The molecular formula is C24H21F8N3O6S2. The Morgan fingerprint density at radius 2 is 1.77 bits per heavy atom. The van der Waals surface area contributed by atoms with E-state index >= 15 is 0 Å². The normalized spacial score (nSPS) is 19.1. The molecule has 2 aromatic heterocycles. The van der Waals surface area contributed by atoms with Crippen molar-refractivity contribution in [1.29, 1.82) is 0 Å². The minimum absolute atomic E-state index is 0.00909. The molecule has 236 valence electrons. The number of sulfonamides is 1. The zero-order chi connectivity index (χ0) is 34.6. The molecule has 19 heteroatoms. The third kappa shape index (κ3) is 6.01. The zero-order valence-electron chi connectivity index (χ0n) is 24.4. The summed E-state index contributed by atoms with van der Waals surface area (Å²) in [4.78, 5) is 1.45. The molecule has 1 N–H and O–H groups in total. The van der Waals surface area contributed by atoms with Crippen LogP contribution >= 0.6 is 0 Å². The van der Waals surface area contributed by atoms with Gasteiger partial charge in [0.15, 0.2) is 28.7 Å². The Kier molecular flexibility index (Phi) is 7.40. The van der Waals surface area contributed by atoms with Gasteiger partial charge in [-0.2, -0.15) is 22.0 Å². The second kappa shape index (κ2) is 11.2.